The molecule has 0 bridgehead atoms. The highest BCUT2D eigenvalue weighted by Gasteiger charge is 2.29. The van der Waals surface area contributed by atoms with Gasteiger partial charge in [-0.15, -0.1) is 12.4 Å². The summed E-state index contributed by atoms with van der Waals surface area (Å²) in [5.74, 6) is -0.255. The first-order chi connectivity index (χ1) is 10.9. The van der Waals surface area contributed by atoms with Crippen molar-refractivity contribution < 1.29 is 27.4 Å². The molecule has 0 spiro atoms. The Labute approximate surface area is 144 Å². The van der Waals surface area contributed by atoms with Gasteiger partial charge >= 0.3 is 6.18 Å². The quantitative estimate of drug-likeness (QED) is 0.809. The number of ether oxygens (including phenoxy) is 2. The van der Waals surface area contributed by atoms with Gasteiger partial charge in [0.15, 0.2) is 24.7 Å². The third-order valence-corrected chi connectivity index (χ3v) is 3.26. The van der Waals surface area contributed by atoms with E-state index in [2.05, 4.69) is 10.6 Å². The third-order valence-electron chi connectivity index (χ3n) is 3.26. The lowest BCUT2D eigenvalue weighted by atomic mass is 10.1. The Morgan fingerprint density at radius 3 is 2.50 bits per heavy atom. The highest BCUT2D eigenvalue weighted by molar-refractivity contribution is 5.85. The van der Waals surface area contributed by atoms with E-state index in [0.717, 1.165) is 19.4 Å². The second-order valence-corrected chi connectivity index (χ2v) is 5.25. The van der Waals surface area contributed by atoms with Gasteiger partial charge in [0, 0.05) is 12.6 Å². The van der Waals surface area contributed by atoms with Crippen LogP contribution in [0.3, 0.4) is 0 Å². The van der Waals surface area contributed by atoms with E-state index in [1.165, 1.54) is 18.2 Å². The molecular weight excluding hydrogens is 349 g/mol. The molecule has 1 saturated heterocycles. The van der Waals surface area contributed by atoms with E-state index in [4.69, 9.17) is 9.47 Å². The van der Waals surface area contributed by atoms with E-state index in [1.807, 2.05) is 0 Å². The average Bonchev–Trinajstić information content (AvgIpc) is 2.52. The van der Waals surface area contributed by atoms with Gasteiger partial charge in [0.05, 0.1) is 0 Å². The maximum Gasteiger partial charge on any atom is 0.422 e. The summed E-state index contributed by atoms with van der Waals surface area (Å²) < 4.78 is 46.6. The van der Waals surface area contributed by atoms with Crippen molar-refractivity contribution in [1.29, 1.82) is 0 Å². The van der Waals surface area contributed by atoms with E-state index in [9.17, 15) is 18.0 Å². The maximum absolute atomic E-state index is 12.2. The second-order valence-electron chi connectivity index (χ2n) is 5.25. The molecule has 1 atom stereocenters. The van der Waals surface area contributed by atoms with Gasteiger partial charge in [-0.25, -0.2) is 0 Å². The Kier molecular flexibility index (Phi) is 8.14. The van der Waals surface area contributed by atoms with E-state index in [-0.39, 0.29) is 42.5 Å². The predicted octanol–water partition coefficient (Wildman–Crippen LogP) is 2.30. The van der Waals surface area contributed by atoms with E-state index < -0.39 is 12.8 Å². The van der Waals surface area contributed by atoms with Gasteiger partial charge in [-0.05, 0) is 31.5 Å². The highest BCUT2D eigenvalue weighted by Crippen LogP contribution is 2.28. The number of halogens is 4. The van der Waals surface area contributed by atoms with Crippen LogP contribution in [0.1, 0.15) is 12.8 Å². The van der Waals surface area contributed by atoms with Crippen molar-refractivity contribution in [3.8, 4) is 11.5 Å². The molecular formula is C15H20ClF3N2O3. The number of hydrogen-bond acceptors (Lipinski definition) is 4. The van der Waals surface area contributed by atoms with Crippen LogP contribution in [0, 0.1) is 0 Å². The first-order valence-electron chi connectivity index (χ1n) is 7.35. The predicted molar refractivity (Wildman–Crippen MR) is 84.8 cm³/mol. The van der Waals surface area contributed by atoms with E-state index in [1.54, 1.807) is 6.07 Å². The molecule has 0 aliphatic carbocycles. The summed E-state index contributed by atoms with van der Waals surface area (Å²) in [7, 11) is 0. The van der Waals surface area contributed by atoms with Crippen LogP contribution in [-0.4, -0.2) is 44.4 Å². The van der Waals surface area contributed by atoms with Crippen LogP contribution < -0.4 is 20.1 Å². The summed E-state index contributed by atoms with van der Waals surface area (Å²) in [5.41, 5.74) is 0. The van der Waals surface area contributed by atoms with Gasteiger partial charge in [0.25, 0.3) is 5.91 Å². The van der Waals surface area contributed by atoms with Crippen molar-refractivity contribution in [3.05, 3.63) is 24.3 Å². The van der Waals surface area contributed by atoms with Crippen molar-refractivity contribution in [2.75, 3.05) is 26.3 Å². The lowest BCUT2D eigenvalue weighted by molar-refractivity contribution is -0.153. The largest absolute Gasteiger partial charge is 0.480 e. The van der Waals surface area contributed by atoms with Gasteiger partial charge in [0.1, 0.15) is 0 Å². The Morgan fingerprint density at radius 1 is 1.25 bits per heavy atom. The molecule has 1 aromatic rings. The number of hydrogen-bond donors (Lipinski definition) is 2. The van der Waals surface area contributed by atoms with E-state index in [0.29, 0.717) is 6.54 Å². The topological polar surface area (TPSA) is 59.6 Å². The first kappa shape index (κ1) is 20.4. The molecule has 1 heterocycles. The number of piperidine rings is 1. The number of carbonyl (C=O) groups is 1. The van der Waals surface area contributed by atoms with Crippen LogP contribution in [0.4, 0.5) is 13.2 Å². The summed E-state index contributed by atoms with van der Waals surface area (Å²) in [6.45, 7) is -0.0417. The molecule has 1 amide bonds. The van der Waals surface area contributed by atoms with Crippen LogP contribution in [0.2, 0.25) is 0 Å². The van der Waals surface area contributed by atoms with Crippen LogP contribution >= 0.6 is 12.4 Å². The summed E-state index contributed by atoms with van der Waals surface area (Å²) >= 11 is 0. The zero-order valence-corrected chi connectivity index (χ0v) is 13.7. The van der Waals surface area contributed by atoms with Crippen molar-refractivity contribution in [1.82, 2.24) is 10.6 Å². The maximum atomic E-state index is 12.2. The molecule has 136 valence electrons. The van der Waals surface area contributed by atoms with Gasteiger partial charge in [-0.1, -0.05) is 12.1 Å². The van der Waals surface area contributed by atoms with Crippen molar-refractivity contribution in [2.24, 2.45) is 0 Å². The van der Waals surface area contributed by atoms with Gasteiger partial charge in [-0.3, -0.25) is 4.79 Å². The molecule has 24 heavy (non-hydrogen) atoms. The van der Waals surface area contributed by atoms with Crippen LogP contribution in [0.25, 0.3) is 0 Å². The molecule has 0 radical (unpaired) electrons. The zero-order chi connectivity index (χ0) is 16.7. The smallest absolute Gasteiger partial charge is 0.422 e. The number of carbonyl (C=O) groups excluding carboxylic acids is 1. The Morgan fingerprint density at radius 2 is 1.92 bits per heavy atom. The van der Waals surface area contributed by atoms with Crippen molar-refractivity contribution >= 4 is 18.3 Å². The van der Waals surface area contributed by atoms with Gasteiger partial charge < -0.3 is 20.1 Å². The number of nitrogens with one attached hydrogen (secondary N) is 2. The van der Waals surface area contributed by atoms with Crippen molar-refractivity contribution in [3.63, 3.8) is 0 Å². The summed E-state index contributed by atoms with van der Waals surface area (Å²) in [4.78, 5) is 11.8. The Bertz CT molecular complexity index is 523. The highest BCUT2D eigenvalue weighted by atomic mass is 35.5. The van der Waals surface area contributed by atoms with Gasteiger partial charge in [0.2, 0.25) is 0 Å². The molecule has 9 heteroatoms. The third kappa shape index (κ3) is 7.27. The minimum atomic E-state index is -4.43. The van der Waals surface area contributed by atoms with Crippen molar-refractivity contribution in [2.45, 2.75) is 25.1 Å². The second kappa shape index (κ2) is 9.58. The molecule has 2 N–H and O–H groups in total. The van der Waals surface area contributed by atoms with Crippen LogP contribution in [0.5, 0.6) is 11.5 Å². The summed E-state index contributed by atoms with van der Waals surface area (Å²) in [6, 6.07) is 6.01. The lowest BCUT2D eigenvalue weighted by Crippen LogP contribution is -2.47. The minimum absolute atomic E-state index is 0. The molecule has 2 rings (SSSR count). The monoisotopic (exact) mass is 368 g/mol. The molecule has 5 nitrogen and oxygen atoms in total. The van der Waals surface area contributed by atoms with E-state index >= 15 is 0 Å². The molecule has 1 aromatic carbocycles. The van der Waals surface area contributed by atoms with Gasteiger partial charge in [-0.2, -0.15) is 13.2 Å². The molecule has 1 fully saturated rings. The molecule has 0 saturated carbocycles. The Hall–Kier alpha value is -1.67. The molecule has 0 aromatic heterocycles. The normalized spacial score (nSPS) is 17.5. The Balaban J connectivity index is 0.00000288. The number of rotatable bonds is 6. The average molecular weight is 369 g/mol. The SMILES string of the molecule is Cl.O=C(COc1ccccc1OCC(F)(F)F)N[C@H]1CCCNC1. The summed E-state index contributed by atoms with van der Waals surface area (Å²) in [5, 5.41) is 5.99. The van der Waals surface area contributed by atoms with Crippen LogP contribution in [-0.2, 0) is 4.79 Å². The fraction of sp³-hybridized carbons (Fsp3) is 0.533. The molecule has 0 unspecified atom stereocenters. The van der Waals surface area contributed by atoms with Crippen LogP contribution in [0.15, 0.2) is 24.3 Å². The number of alkyl halides is 3. The number of para-hydroxylation sites is 2. The number of benzene rings is 1. The molecule has 1 aliphatic heterocycles. The minimum Gasteiger partial charge on any atom is -0.480 e. The lowest BCUT2D eigenvalue weighted by Gasteiger charge is -2.23. The fourth-order valence-corrected chi connectivity index (χ4v) is 2.24. The number of amides is 1. The standard InChI is InChI=1S/C15H19F3N2O3.ClH/c16-15(17,18)10-23-13-6-2-1-5-12(13)22-9-14(21)20-11-4-3-7-19-8-11;/h1-2,5-6,11,19H,3-4,7-10H2,(H,20,21);1H/t11-;/m0./s1. The first-order valence-corrected chi connectivity index (χ1v) is 7.35. The summed E-state index contributed by atoms with van der Waals surface area (Å²) in [6.07, 6.45) is -2.55. The fourth-order valence-electron chi connectivity index (χ4n) is 2.24. The molecule has 1 aliphatic rings. The zero-order valence-electron chi connectivity index (χ0n) is 12.9.